The van der Waals surface area contributed by atoms with Gasteiger partial charge in [0.1, 0.15) is 5.82 Å². The summed E-state index contributed by atoms with van der Waals surface area (Å²) in [7, 11) is 0. The van der Waals surface area contributed by atoms with Crippen LogP contribution in [0.5, 0.6) is 0 Å². The van der Waals surface area contributed by atoms with Crippen molar-refractivity contribution in [2.75, 3.05) is 18.9 Å². The van der Waals surface area contributed by atoms with Crippen LogP contribution in [0, 0.1) is 17.7 Å². The summed E-state index contributed by atoms with van der Waals surface area (Å²) in [6.07, 6.45) is 1.16. The average molecular weight is 377 g/mol. The Bertz CT molecular complexity index is 768. The van der Waals surface area contributed by atoms with Gasteiger partial charge >= 0.3 is 0 Å². The third-order valence-electron chi connectivity index (χ3n) is 4.58. The van der Waals surface area contributed by atoms with Crippen LogP contribution >= 0.6 is 11.8 Å². The topological polar surface area (TPSA) is 77.0 Å². The molecule has 2 heterocycles. The molecule has 3 unspecified atom stereocenters. The number of carbonyl (C=O) groups is 1. The van der Waals surface area contributed by atoms with Gasteiger partial charge in [0.25, 0.3) is 0 Å². The van der Waals surface area contributed by atoms with Gasteiger partial charge in [0.05, 0.1) is 5.25 Å². The van der Waals surface area contributed by atoms with Crippen molar-refractivity contribution in [3.63, 3.8) is 0 Å². The van der Waals surface area contributed by atoms with Crippen LogP contribution in [0.1, 0.15) is 27.2 Å². The van der Waals surface area contributed by atoms with Crippen LogP contribution in [-0.4, -0.2) is 44.0 Å². The Balaban J connectivity index is 1.70. The zero-order valence-electron chi connectivity index (χ0n) is 15.2. The first-order valence-corrected chi connectivity index (χ1v) is 9.65. The second-order valence-electron chi connectivity index (χ2n) is 7.13. The molecule has 0 bridgehead atoms. The zero-order valence-corrected chi connectivity index (χ0v) is 16.0. The number of nitrogens with zero attached hydrogens (tertiary/aromatic N) is 4. The molecular weight excluding hydrogens is 353 g/mol. The van der Waals surface area contributed by atoms with Crippen molar-refractivity contribution in [1.29, 1.82) is 0 Å². The van der Waals surface area contributed by atoms with Gasteiger partial charge in [-0.3, -0.25) is 4.79 Å². The van der Waals surface area contributed by atoms with E-state index in [0.29, 0.717) is 28.4 Å². The summed E-state index contributed by atoms with van der Waals surface area (Å²) < 4.78 is 14.4. The number of benzene rings is 1. The Morgan fingerprint density at radius 1 is 1.23 bits per heavy atom. The van der Waals surface area contributed by atoms with E-state index >= 15 is 0 Å². The van der Waals surface area contributed by atoms with Gasteiger partial charge in [0.15, 0.2) is 5.82 Å². The standard InChI is InChI=1S/C18H24FN5OS/c1-11-8-12(2)10-23(9-11)17(25)13(3)26-18-22-21-16(24(18)20)14-4-6-15(19)7-5-14/h4-7,11-13H,8-10,20H2,1-3H3. The third-order valence-corrected chi connectivity index (χ3v) is 5.62. The van der Waals surface area contributed by atoms with E-state index in [2.05, 4.69) is 24.0 Å². The van der Waals surface area contributed by atoms with Crippen LogP contribution in [-0.2, 0) is 4.79 Å². The number of rotatable bonds is 4. The predicted octanol–water partition coefficient (Wildman–Crippen LogP) is 2.78. The Kier molecular flexibility index (Phi) is 5.50. The summed E-state index contributed by atoms with van der Waals surface area (Å²) in [4.78, 5) is 14.7. The molecule has 0 aliphatic carbocycles. The first kappa shape index (κ1) is 18.7. The first-order valence-electron chi connectivity index (χ1n) is 8.77. The van der Waals surface area contributed by atoms with Crippen LogP contribution < -0.4 is 5.84 Å². The van der Waals surface area contributed by atoms with E-state index in [1.165, 1.54) is 28.6 Å². The van der Waals surface area contributed by atoms with E-state index in [9.17, 15) is 9.18 Å². The quantitative estimate of drug-likeness (QED) is 0.655. The average Bonchev–Trinajstić information content (AvgIpc) is 2.95. The van der Waals surface area contributed by atoms with Gasteiger partial charge in [0, 0.05) is 18.7 Å². The number of amides is 1. The highest BCUT2D eigenvalue weighted by molar-refractivity contribution is 8.00. The Morgan fingerprint density at radius 3 is 2.46 bits per heavy atom. The molecule has 0 radical (unpaired) electrons. The van der Waals surface area contributed by atoms with Crippen LogP contribution in [0.2, 0.25) is 0 Å². The summed E-state index contributed by atoms with van der Waals surface area (Å²) >= 11 is 1.29. The number of nitrogens with two attached hydrogens (primary N) is 1. The van der Waals surface area contributed by atoms with E-state index in [0.717, 1.165) is 19.5 Å². The highest BCUT2D eigenvalue weighted by atomic mass is 32.2. The van der Waals surface area contributed by atoms with Crippen molar-refractivity contribution in [2.24, 2.45) is 11.8 Å². The van der Waals surface area contributed by atoms with Crippen LogP contribution in [0.15, 0.2) is 29.4 Å². The largest absolute Gasteiger partial charge is 0.341 e. The number of hydrogen-bond acceptors (Lipinski definition) is 5. The van der Waals surface area contributed by atoms with Gasteiger partial charge in [-0.05, 0) is 49.4 Å². The summed E-state index contributed by atoms with van der Waals surface area (Å²) in [5.74, 6) is 7.34. The minimum atomic E-state index is -0.323. The monoisotopic (exact) mass is 377 g/mol. The second-order valence-corrected chi connectivity index (χ2v) is 8.44. The molecule has 1 fully saturated rings. The Morgan fingerprint density at radius 2 is 1.85 bits per heavy atom. The predicted molar refractivity (Wildman–Crippen MR) is 100 cm³/mol. The molecule has 2 aromatic rings. The van der Waals surface area contributed by atoms with Crippen molar-refractivity contribution in [3.8, 4) is 11.4 Å². The molecule has 1 saturated heterocycles. The summed E-state index contributed by atoms with van der Waals surface area (Å²) in [5.41, 5.74) is 0.672. The van der Waals surface area contributed by atoms with Crippen molar-refractivity contribution < 1.29 is 9.18 Å². The Labute approximate surface area is 156 Å². The molecule has 140 valence electrons. The fourth-order valence-electron chi connectivity index (χ4n) is 3.46. The molecular formula is C18H24FN5OS. The van der Waals surface area contributed by atoms with E-state index in [1.807, 2.05) is 11.8 Å². The second kappa shape index (κ2) is 7.65. The number of likely N-dealkylation sites (tertiary alicyclic amines) is 1. The summed E-state index contributed by atoms with van der Waals surface area (Å²) in [6.45, 7) is 7.82. The minimum absolute atomic E-state index is 0.0970. The van der Waals surface area contributed by atoms with E-state index in [1.54, 1.807) is 12.1 Å². The molecule has 1 aliphatic heterocycles. The van der Waals surface area contributed by atoms with Crippen LogP contribution in [0.4, 0.5) is 4.39 Å². The number of nitrogen functional groups attached to an aromatic ring is 1. The highest BCUT2D eigenvalue weighted by Crippen LogP contribution is 2.28. The molecule has 1 amide bonds. The maximum absolute atomic E-state index is 13.1. The molecule has 6 nitrogen and oxygen atoms in total. The van der Waals surface area contributed by atoms with Crippen LogP contribution in [0.25, 0.3) is 11.4 Å². The number of thioether (sulfide) groups is 1. The molecule has 1 aromatic carbocycles. The summed E-state index contributed by atoms with van der Waals surface area (Å²) in [6, 6.07) is 5.90. The van der Waals surface area contributed by atoms with Gasteiger partial charge in [-0.15, -0.1) is 10.2 Å². The highest BCUT2D eigenvalue weighted by Gasteiger charge is 2.29. The molecule has 0 spiro atoms. The lowest BCUT2D eigenvalue weighted by atomic mass is 9.92. The lowest BCUT2D eigenvalue weighted by molar-refractivity contribution is -0.132. The summed E-state index contributed by atoms with van der Waals surface area (Å²) in [5, 5.41) is 8.34. The molecule has 1 aromatic heterocycles. The molecule has 8 heteroatoms. The molecule has 1 aliphatic rings. The normalized spacial score (nSPS) is 21.6. The lowest BCUT2D eigenvalue weighted by Gasteiger charge is -2.36. The van der Waals surface area contributed by atoms with Crippen LogP contribution in [0.3, 0.4) is 0 Å². The molecule has 3 atom stereocenters. The van der Waals surface area contributed by atoms with Gasteiger partial charge in [-0.25, -0.2) is 9.07 Å². The number of carbonyl (C=O) groups excluding carboxylic acids is 1. The van der Waals surface area contributed by atoms with Gasteiger partial charge in [0.2, 0.25) is 11.1 Å². The smallest absolute Gasteiger partial charge is 0.235 e. The fourth-order valence-corrected chi connectivity index (χ4v) is 4.32. The van der Waals surface area contributed by atoms with Crippen molar-refractivity contribution >= 4 is 17.7 Å². The van der Waals surface area contributed by atoms with Crippen molar-refractivity contribution in [1.82, 2.24) is 19.8 Å². The van der Waals surface area contributed by atoms with E-state index in [4.69, 9.17) is 5.84 Å². The number of piperidine rings is 1. The number of halogens is 1. The Hall–Kier alpha value is -2.09. The zero-order chi connectivity index (χ0) is 18.8. The minimum Gasteiger partial charge on any atom is -0.341 e. The number of hydrogen-bond donors (Lipinski definition) is 1. The lowest BCUT2D eigenvalue weighted by Crippen LogP contribution is -2.45. The molecule has 2 N–H and O–H groups in total. The van der Waals surface area contributed by atoms with Gasteiger partial charge < -0.3 is 10.7 Å². The number of aromatic nitrogens is 3. The molecule has 0 saturated carbocycles. The molecule has 26 heavy (non-hydrogen) atoms. The van der Waals surface area contributed by atoms with Crippen molar-refractivity contribution in [2.45, 2.75) is 37.6 Å². The van der Waals surface area contributed by atoms with E-state index < -0.39 is 0 Å². The fraction of sp³-hybridized carbons (Fsp3) is 0.500. The third kappa shape index (κ3) is 4.00. The van der Waals surface area contributed by atoms with E-state index in [-0.39, 0.29) is 17.0 Å². The van der Waals surface area contributed by atoms with Gasteiger partial charge in [-0.1, -0.05) is 25.6 Å². The SMILES string of the molecule is CC1CC(C)CN(C(=O)C(C)Sc2nnc(-c3ccc(F)cc3)n2N)C1. The molecule has 3 rings (SSSR count). The first-order chi connectivity index (χ1) is 12.3. The maximum atomic E-state index is 13.1. The van der Waals surface area contributed by atoms with Crippen molar-refractivity contribution in [3.05, 3.63) is 30.1 Å². The van der Waals surface area contributed by atoms with Gasteiger partial charge in [-0.2, -0.15) is 0 Å². The maximum Gasteiger partial charge on any atom is 0.235 e.